The first kappa shape index (κ1) is 17.7. The van der Waals surface area contributed by atoms with E-state index in [4.69, 9.17) is 0 Å². The van der Waals surface area contributed by atoms with Crippen LogP contribution in [0.3, 0.4) is 0 Å². The van der Waals surface area contributed by atoms with Gasteiger partial charge in [-0.15, -0.1) is 0 Å². The SMILES string of the molecule is CN(C)CCCNC(=O)c1ccc(N2CCCCS2(=O)=O)cc1. The molecule has 0 bridgehead atoms. The molecule has 1 N–H and O–H groups in total. The number of rotatable bonds is 6. The van der Waals surface area contributed by atoms with Gasteiger partial charge in [-0.3, -0.25) is 9.10 Å². The molecule has 0 unspecified atom stereocenters. The first-order valence-corrected chi connectivity index (χ1v) is 9.54. The van der Waals surface area contributed by atoms with E-state index in [1.54, 1.807) is 24.3 Å². The standard InChI is InChI=1S/C16H25N3O3S/c1-18(2)11-5-10-17-16(20)14-6-8-15(9-7-14)19-12-3-4-13-23(19,21)22/h6-9H,3-5,10-13H2,1-2H3,(H,17,20). The smallest absolute Gasteiger partial charge is 0.251 e. The number of carbonyl (C=O) groups is 1. The summed E-state index contributed by atoms with van der Waals surface area (Å²) in [5.41, 5.74) is 1.18. The molecule has 1 saturated heterocycles. The molecule has 1 aliphatic heterocycles. The lowest BCUT2D eigenvalue weighted by atomic mass is 10.2. The van der Waals surface area contributed by atoms with E-state index in [1.807, 2.05) is 14.1 Å². The second kappa shape index (κ2) is 7.79. The molecule has 1 aromatic carbocycles. The largest absolute Gasteiger partial charge is 0.352 e. The fraction of sp³-hybridized carbons (Fsp3) is 0.562. The van der Waals surface area contributed by atoms with Crippen LogP contribution < -0.4 is 9.62 Å². The van der Waals surface area contributed by atoms with Gasteiger partial charge < -0.3 is 10.2 Å². The molecule has 0 radical (unpaired) electrons. The van der Waals surface area contributed by atoms with Crippen molar-refractivity contribution in [2.75, 3.05) is 43.8 Å². The highest BCUT2D eigenvalue weighted by Crippen LogP contribution is 2.23. The van der Waals surface area contributed by atoms with Gasteiger partial charge in [0.25, 0.3) is 5.91 Å². The minimum absolute atomic E-state index is 0.128. The summed E-state index contributed by atoms with van der Waals surface area (Å²) < 4.78 is 25.6. The van der Waals surface area contributed by atoms with Crippen molar-refractivity contribution in [1.82, 2.24) is 10.2 Å². The minimum Gasteiger partial charge on any atom is -0.352 e. The summed E-state index contributed by atoms with van der Waals surface area (Å²) in [4.78, 5) is 14.1. The maximum atomic E-state index is 12.1. The van der Waals surface area contributed by atoms with Crippen LogP contribution in [0.1, 0.15) is 29.6 Å². The molecule has 0 aromatic heterocycles. The third kappa shape index (κ3) is 4.94. The Kier molecular flexibility index (Phi) is 6.01. The van der Waals surface area contributed by atoms with Crippen molar-refractivity contribution < 1.29 is 13.2 Å². The summed E-state index contributed by atoms with van der Waals surface area (Å²) in [5, 5.41) is 2.87. The van der Waals surface area contributed by atoms with Crippen molar-refractivity contribution in [2.45, 2.75) is 19.3 Å². The van der Waals surface area contributed by atoms with E-state index in [9.17, 15) is 13.2 Å². The molecular weight excluding hydrogens is 314 g/mol. The van der Waals surface area contributed by atoms with E-state index in [-0.39, 0.29) is 11.7 Å². The fourth-order valence-electron chi connectivity index (χ4n) is 2.56. The number of sulfonamides is 1. The van der Waals surface area contributed by atoms with E-state index < -0.39 is 10.0 Å². The molecule has 2 rings (SSSR count). The summed E-state index contributed by atoms with van der Waals surface area (Å²) in [5.74, 6) is 0.0676. The quantitative estimate of drug-likeness (QED) is 0.793. The zero-order chi connectivity index (χ0) is 16.9. The zero-order valence-electron chi connectivity index (χ0n) is 13.8. The number of hydrogen-bond donors (Lipinski definition) is 1. The number of anilines is 1. The molecule has 0 spiro atoms. The van der Waals surface area contributed by atoms with Crippen molar-refractivity contribution >= 4 is 21.6 Å². The zero-order valence-corrected chi connectivity index (χ0v) is 14.6. The lowest BCUT2D eigenvalue weighted by Crippen LogP contribution is -2.37. The lowest BCUT2D eigenvalue weighted by Gasteiger charge is -2.28. The third-order valence-electron chi connectivity index (χ3n) is 3.83. The average molecular weight is 339 g/mol. The molecule has 1 fully saturated rings. The first-order chi connectivity index (χ1) is 10.9. The van der Waals surface area contributed by atoms with Gasteiger partial charge in [-0.25, -0.2) is 8.42 Å². The molecule has 1 aromatic rings. The van der Waals surface area contributed by atoms with Crippen molar-refractivity contribution in [3.63, 3.8) is 0 Å². The minimum atomic E-state index is -3.21. The predicted molar refractivity (Wildman–Crippen MR) is 92.3 cm³/mol. The number of carbonyl (C=O) groups excluding carboxylic acids is 1. The van der Waals surface area contributed by atoms with Crippen LogP contribution in [0.5, 0.6) is 0 Å². The van der Waals surface area contributed by atoms with Crippen LogP contribution in [0.2, 0.25) is 0 Å². The molecule has 128 valence electrons. The van der Waals surface area contributed by atoms with Gasteiger partial charge >= 0.3 is 0 Å². The van der Waals surface area contributed by atoms with Crippen LogP contribution in [0.4, 0.5) is 5.69 Å². The third-order valence-corrected chi connectivity index (χ3v) is 5.70. The number of nitrogens with one attached hydrogen (secondary N) is 1. The van der Waals surface area contributed by atoms with Crippen molar-refractivity contribution in [3.8, 4) is 0 Å². The highest BCUT2D eigenvalue weighted by atomic mass is 32.2. The highest BCUT2D eigenvalue weighted by molar-refractivity contribution is 7.92. The Morgan fingerprint density at radius 3 is 2.52 bits per heavy atom. The van der Waals surface area contributed by atoms with Crippen LogP contribution >= 0.6 is 0 Å². The Labute approximate surface area is 138 Å². The van der Waals surface area contributed by atoms with Gasteiger partial charge in [0.15, 0.2) is 0 Å². The maximum absolute atomic E-state index is 12.1. The topological polar surface area (TPSA) is 69.7 Å². The van der Waals surface area contributed by atoms with Crippen molar-refractivity contribution in [1.29, 1.82) is 0 Å². The monoisotopic (exact) mass is 339 g/mol. The molecule has 6 nitrogen and oxygen atoms in total. The van der Waals surface area contributed by atoms with Gasteiger partial charge in [-0.1, -0.05) is 0 Å². The van der Waals surface area contributed by atoms with Crippen LogP contribution in [0.25, 0.3) is 0 Å². The second-order valence-electron chi connectivity index (χ2n) is 6.05. The normalized spacial score (nSPS) is 17.3. The lowest BCUT2D eigenvalue weighted by molar-refractivity contribution is 0.0952. The van der Waals surface area contributed by atoms with Gasteiger partial charge in [0, 0.05) is 18.7 Å². The Morgan fingerprint density at radius 2 is 1.91 bits per heavy atom. The number of amides is 1. The van der Waals surface area contributed by atoms with Crippen molar-refractivity contribution in [3.05, 3.63) is 29.8 Å². The second-order valence-corrected chi connectivity index (χ2v) is 8.07. The summed E-state index contributed by atoms with van der Waals surface area (Å²) in [6, 6.07) is 6.77. The fourth-order valence-corrected chi connectivity index (χ4v) is 4.20. The van der Waals surface area contributed by atoms with E-state index >= 15 is 0 Å². The van der Waals surface area contributed by atoms with Gasteiger partial charge in [0.2, 0.25) is 10.0 Å². The van der Waals surface area contributed by atoms with Crippen LogP contribution in [-0.4, -0.2) is 58.7 Å². The van der Waals surface area contributed by atoms with E-state index in [0.717, 1.165) is 19.4 Å². The van der Waals surface area contributed by atoms with Crippen molar-refractivity contribution in [2.24, 2.45) is 0 Å². The summed E-state index contributed by atoms with van der Waals surface area (Å²) >= 11 is 0. The Balaban J connectivity index is 1.95. The number of hydrogen-bond acceptors (Lipinski definition) is 4. The molecule has 0 aliphatic carbocycles. The molecular formula is C16H25N3O3S. The van der Waals surface area contributed by atoms with E-state index in [2.05, 4.69) is 10.2 Å². The summed E-state index contributed by atoms with van der Waals surface area (Å²) in [6.45, 7) is 2.06. The number of benzene rings is 1. The molecule has 23 heavy (non-hydrogen) atoms. The molecule has 1 heterocycles. The van der Waals surface area contributed by atoms with Crippen LogP contribution in [0.15, 0.2) is 24.3 Å². The molecule has 0 atom stereocenters. The van der Waals surface area contributed by atoms with Gasteiger partial charge in [0.1, 0.15) is 0 Å². The molecule has 0 saturated carbocycles. The van der Waals surface area contributed by atoms with Crippen LogP contribution in [0, 0.1) is 0 Å². The predicted octanol–water partition coefficient (Wildman–Crippen LogP) is 1.30. The number of nitrogens with zero attached hydrogens (tertiary/aromatic N) is 2. The molecule has 7 heteroatoms. The van der Waals surface area contributed by atoms with Gasteiger partial charge in [-0.05, 0) is 64.2 Å². The Bertz CT molecular complexity index is 626. The summed E-state index contributed by atoms with van der Waals surface area (Å²) in [7, 11) is 0.783. The highest BCUT2D eigenvalue weighted by Gasteiger charge is 2.25. The van der Waals surface area contributed by atoms with E-state index in [0.29, 0.717) is 30.8 Å². The van der Waals surface area contributed by atoms with Crippen LogP contribution in [-0.2, 0) is 10.0 Å². The average Bonchev–Trinajstić information content (AvgIpc) is 2.51. The summed E-state index contributed by atoms with van der Waals surface area (Å²) in [6.07, 6.45) is 2.47. The Morgan fingerprint density at radius 1 is 1.22 bits per heavy atom. The molecule has 1 amide bonds. The first-order valence-electron chi connectivity index (χ1n) is 7.93. The Hall–Kier alpha value is -1.60. The maximum Gasteiger partial charge on any atom is 0.251 e. The van der Waals surface area contributed by atoms with Gasteiger partial charge in [-0.2, -0.15) is 0 Å². The molecule has 1 aliphatic rings. The van der Waals surface area contributed by atoms with Gasteiger partial charge in [0.05, 0.1) is 11.4 Å². The van der Waals surface area contributed by atoms with E-state index in [1.165, 1.54) is 4.31 Å².